The summed E-state index contributed by atoms with van der Waals surface area (Å²) in [5.74, 6) is 0.159. The van der Waals surface area contributed by atoms with Crippen LogP contribution >= 0.6 is 11.6 Å². The first-order chi connectivity index (χ1) is 7.58. The SMILES string of the molecule is CCOC(=O)Cc1cc(N)c(Cl)c(OC)c1. The van der Waals surface area contributed by atoms with E-state index in [1.54, 1.807) is 19.1 Å². The highest BCUT2D eigenvalue weighted by Gasteiger charge is 2.10. The summed E-state index contributed by atoms with van der Waals surface area (Å²) in [5.41, 5.74) is 6.79. The molecule has 0 radical (unpaired) electrons. The van der Waals surface area contributed by atoms with E-state index in [0.29, 0.717) is 23.1 Å². The molecule has 5 heteroatoms. The molecule has 0 fully saturated rings. The zero-order valence-electron chi connectivity index (χ0n) is 9.25. The maximum absolute atomic E-state index is 11.3. The molecule has 0 saturated heterocycles. The molecule has 0 saturated carbocycles. The van der Waals surface area contributed by atoms with Crippen molar-refractivity contribution in [3.05, 3.63) is 22.7 Å². The third-order valence-electron chi connectivity index (χ3n) is 2.00. The Kier molecular flexibility index (Phi) is 4.43. The molecular formula is C11H14ClNO3. The first-order valence-electron chi connectivity index (χ1n) is 4.86. The molecule has 0 aliphatic rings. The molecule has 0 aliphatic carbocycles. The number of ether oxygens (including phenoxy) is 2. The summed E-state index contributed by atoms with van der Waals surface area (Å²) < 4.78 is 9.88. The normalized spacial score (nSPS) is 9.94. The number of hydrogen-bond donors (Lipinski definition) is 1. The summed E-state index contributed by atoms with van der Waals surface area (Å²) in [5, 5.41) is 0.357. The van der Waals surface area contributed by atoms with Crippen molar-refractivity contribution in [2.24, 2.45) is 0 Å². The van der Waals surface area contributed by atoms with Crippen LogP contribution in [0.2, 0.25) is 5.02 Å². The largest absolute Gasteiger partial charge is 0.495 e. The molecule has 0 atom stereocenters. The summed E-state index contributed by atoms with van der Waals surface area (Å²) in [4.78, 5) is 11.3. The molecule has 1 rings (SSSR count). The van der Waals surface area contributed by atoms with Gasteiger partial charge in [-0.3, -0.25) is 4.79 Å². The fourth-order valence-corrected chi connectivity index (χ4v) is 1.49. The lowest BCUT2D eigenvalue weighted by molar-refractivity contribution is -0.142. The minimum absolute atomic E-state index is 0.158. The fourth-order valence-electron chi connectivity index (χ4n) is 1.31. The van der Waals surface area contributed by atoms with Gasteiger partial charge in [0, 0.05) is 0 Å². The standard InChI is InChI=1S/C11H14ClNO3/c1-3-16-10(14)6-7-4-8(13)11(12)9(5-7)15-2/h4-5H,3,6,13H2,1-2H3. The fraction of sp³-hybridized carbons (Fsp3) is 0.364. The van der Waals surface area contributed by atoms with Crippen LogP contribution in [-0.4, -0.2) is 19.7 Å². The van der Waals surface area contributed by atoms with Gasteiger partial charge < -0.3 is 15.2 Å². The van der Waals surface area contributed by atoms with Gasteiger partial charge in [-0.2, -0.15) is 0 Å². The molecule has 0 bridgehead atoms. The third-order valence-corrected chi connectivity index (χ3v) is 2.41. The predicted molar refractivity (Wildman–Crippen MR) is 62.8 cm³/mol. The Morgan fingerprint density at radius 1 is 1.50 bits per heavy atom. The smallest absolute Gasteiger partial charge is 0.310 e. The first-order valence-corrected chi connectivity index (χ1v) is 5.23. The van der Waals surface area contributed by atoms with Gasteiger partial charge in [0.05, 0.1) is 25.8 Å². The summed E-state index contributed by atoms with van der Waals surface area (Å²) in [6, 6.07) is 3.32. The number of rotatable bonds is 4. The number of anilines is 1. The van der Waals surface area contributed by atoms with Crippen LogP contribution in [-0.2, 0) is 16.0 Å². The van der Waals surface area contributed by atoms with Crippen molar-refractivity contribution in [1.82, 2.24) is 0 Å². The summed E-state index contributed by atoms with van der Waals surface area (Å²) in [7, 11) is 1.49. The topological polar surface area (TPSA) is 61.5 Å². The highest BCUT2D eigenvalue weighted by Crippen LogP contribution is 2.31. The molecule has 0 amide bonds. The van der Waals surface area contributed by atoms with Gasteiger partial charge in [0.25, 0.3) is 0 Å². The van der Waals surface area contributed by atoms with Crippen molar-refractivity contribution in [3.8, 4) is 5.75 Å². The molecule has 2 N–H and O–H groups in total. The molecule has 88 valence electrons. The highest BCUT2D eigenvalue weighted by molar-refractivity contribution is 6.34. The van der Waals surface area contributed by atoms with Crippen molar-refractivity contribution < 1.29 is 14.3 Å². The number of nitrogens with two attached hydrogens (primary N) is 1. The second kappa shape index (κ2) is 5.61. The quantitative estimate of drug-likeness (QED) is 0.649. The second-order valence-electron chi connectivity index (χ2n) is 3.18. The molecule has 0 aromatic heterocycles. The van der Waals surface area contributed by atoms with E-state index < -0.39 is 0 Å². The average molecular weight is 244 g/mol. The van der Waals surface area contributed by atoms with Crippen molar-refractivity contribution in [2.75, 3.05) is 19.5 Å². The van der Waals surface area contributed by atoms with Crippen LogP contribution in [0.25, 0.3) is 0 Å². The Hall–Kier alpha value is -1.42. The van der Waals surface area contributed by atoms with Crippen molar-refractivity contribution >= 4 is 23.3 Å². The zero-order valence-corrected chi connectivity index (χ0v) is 10.0. The Labute approximate surface area is 99.3 Å². The highest BCUT2D eigenvalue weighted by atomic mass is 35.5. The van der Waals surface area contributed by atoms with Gasteiger partial charge in [0.1, 0.15) is 10.8 Å². The van der Waals surface area contributed by atoms with Gasteiger partial charge in [-0.05, 0) is 24.6 Å². The maximum Gasteiger partial charge on any atom is 0.310 e. The molecular weight excluding hydrogens is 230 g/mol. The monoisotopic (exact) mass is 243 g/mol. The lowest BCUT2D eigenvalue weighted by Crippen LogP contribution is -2.08. The number of halogens is 1. The number of carbonyl (C=O) groups is 1. The predicted octanol–water partition coefficient (Wildman–Crippen LogP) is 2.04. The Morgan fingerprint density at radius 2 is 2.19 bits per heavy atom. The van der Waals surface area contributed by atoms with Gasteiger partial charge >= 0.3 is 5.97 Å². The van der Waals surface area contributed by atoms with Gasteiger partial charge in [-0.15, -0.1) is 0 Å². The van der Waals surface area contributed by atoms with Crippen LogP contribution in [0.4, 0.5) is 5.69 Å². The Bertz CT molecular complexity index is 393. The van der Waals surface area contributed by atoms with Gasteiger partial charge in [0.2, 0.25) is 0 Å². The second-order valence-corrected chi connectivity index (χ2v) is 3.56. The van der Waals surface area contributed by atoms with Crippen molar-refractivity contribution in [2.45, 2.75) is 13.3 Å². The number of esters is 1. The maximum atomic E-state index is 11.3. The lowest BCUT2D eigenvalue weighted by Gasteiger charge is -2.09. The Morgan fingerprint density at radius 3 is 2.75 bits per heavy atom. The molecule has 16 heavy (non-hydrogen) atoms. The van der Waals surface area contributed by atoms with Crippen LogP contribution in [0.5, 0.6) is 5.75 Å². The minimum Gasteiger partial charge on any atom is -0.495 e. The lowest BCUT2D eigenvalue weighted by atomic mass is 10.1. The zero-order chi connectivity index (χ0) is 12.1. The van der Waals surface area contributed by atoms with E-state index >= 15 is 0 Å². The molecule has 0 heterocycles. The average Bonchev–Trinajstić information content (AvgIpc) is 2.23. The molecule has 0 aliphatic heterocycles. The van der Waals surface area contributed by atoms with Gasteiger partial charge in [0.15, 0.2) is 0 Å². The first kappa shape index (κ1) is 12.6. The van der Waals surface area contributed by atoms with Crippen LogP contribution in [0.15, 0.2) is 12.1 Å². The van der Waals surface area contributed by atoms with Crippen LogP contribution < -0.4 is 10.5 Å². The van der Waals surface area contributed by atoms with E-state index in [-0.39, 0.29) is 12.4 Å². The Balaban J connectivity index is 2.89. The van der Waals surface area contributed by atoms with Crippen molar-refractivity contribution in [1.29, 1.82) is 0 Å². The molecule has 0 unspecified atom stereocenters. The van der Waals surface area contributed by atoms with Crippen LogP contribution in [0.1, 0.15) is 12.5 Å². The van der Waals surface area contributed by atoms with Crippen LogP contribution in [0, 0.1) is 0 Å². The summed E-state index contributed by atoms with van der Waals surface area (Å²) in [6.45, 7) is 2.12. The van der Waals surface area contributed by atoms with Crippen LogP contribution in [0.3, 0.4) is 0 Å². The number of hydrogen-bond acceptors (Lipinski definition) is 4. The number of carbonyl (C=O) groups excluding carboxylic acids is 1. The summed E-state index contributed by atoms with van der Waals surface area (Å²) >= 11 is 5.90. The number of nitrogen functional groups attached to an aromatic ring is 1. The van der Waals surface area contributed by atoms with E-state index in [2.05, 4.69) is 0 Å². The minimum atomic E-state index is -0.300. The number of benzene rings is 1. The van der Waals surface area contributed by atoms with Crippen molar-refractivity contribution in [3.63, 3.8) is 0 Å². The summed E-state index contributed by atoms with van der Waals surface area (Å²) in [6.07, 6.45) is 0.158. The van der Waals surface area contributed by atoms with E-state index in [4.69, 9.17) is 26.8 Å². The number of methoxy groups -OCH3 is 1. The van der Waals surface area contributed by atoms with Gasteiger partial charge in [-0.1, -0.05) is 11.6 Å². The van der Waals surface area contributed by atoms with Gasteiger partial charge in [-0.25, -0.2) is 0 Å². The van der Waals surface area contributed by atoms with E-state index in [9.17, 15) is 4.79 Å². The van der Waals surface area contributed by atoms with E-state index in [0.717, 1.165) is 5.56 Å². The van der Waals surface area contributed by atoms with E-state index in [1.165, 1.54) is 7.11 Å². The molecule has 0 spiro atoms. The molecule has 4 nitrogen and oxygen atoms in total. The molecule has 1 aromatic carbocycles. The third kappa shape index (κ3) is 3.03. The van der Waals surface area contributed by atoms with E-state index in [1.807, 2.05) is 0 Å². The molecule has 1 aromatic rings.